The summed E-state index contributed by atoms with van der Waals surface area (Å²) in [7, 11) is 0. The van der Waals surface area contributed by atoms with E-state index in [0.29, 0.717) is 0 Å². The van der Waals surface area contributed by atoms with Crippen LogP contribution in [0.25, 0.3) is 0 Å². The molecule has 1 aromatic rings. The molecule has 1 aromatic carbocycles. The van der Waals surface area contributed by atoms with Gasteiger partial charge in [0.15, 0.2) is 0 Å². The van der Waals surface area contributed by atoms with Gasteiger partial charge in [0.2, 0.25) is 0 Å². The minimum atomic E-state index is 1.37. The molecular weight excluding hydrogens is 172 g/mol. The second-order valence-corrected chi connectivity index (χ2v) is 2.08. The molecule has 0 bridgehead atoms. The maximum Gasteiger partial charge on any atom is 0.106 e. The number of hydrogen-bond donors (Lipinski definition) is 0. The first-order valence-electron chi connectivity index (χ1n) is 5.12. The molecule has 0 saturated heterocycles. The van der Waals surface area contributed by atoms with Crippen molar-refractivity contribution in [1.29, 1.82) is 0 Å². The summed E-state index contributed by atoms with van der Waals surface area (Å²) in [4.78, 5) is 8.00. The standard InChI is InChI=1S/C8H10.2C2H6.CH2O/c1-7-5-3-4-6-8(7)2;3*1-2/h3-6H,1-2H3;2*1-2H3;1H2. The number of aryl methyl sites for hydroxylation is 2. The van der Waals surface area contributed by atoms with Crippen LogP contribution in [-0.2, 0) is 4.79 Å². The molecule has 0 fully saturated rings. The van der Waals surface area contributed by atoms with Gasteiger partial charge in [0, 0.05) is 0 Å². The largest absolute Gasteiger partial charge is 0.307 e. The monoisotopic (exact) mass is 196 g/mol. The minimum Gasteiger partial charge on any atom is -0.307 e. The third kappa shape index (κ3) is 10.9. The highest BCUT2D eigenvalue weighted by atomic mass is 16.1. The number of carbonyl (C=O) groups excluding carboxylic acids is 1. The molecule has 0 spiro atoms. The van der Waals surface area contributed by atoms with Gasteiger partial charge in [-0.25, -0.2) is 0 Å². The molecular formula is C13H24O. The van der Waals surface area contributed by atoms with Crippen LogP contribution in [0.4, 0.5) is 0 Å². The van der Waals surface area contributed by atoms with E-state index < -0.39 is 0 Å². The van der Waals surface area contributed by atoms with Crippen LogP contribution in [0.3, 0.4) is 0 Å². The molecule has 0 atom stereocenters. The average molecular weight is 196 g/mol. The topological polar surface area (TPSA) is 17.1 Å². The molecule has 0 aromatic heterocycles. The van der Waals surface area contributed by atoms with Crippen LogP contribution in [-0.4, -0.2) is 6.79 Å². The predicted molar refractivity (Wildman–Crippen MR) is 65.7 cm³/mol. The smallest absolute Gasteiger partial charge is 0.106 e. The second-order valence-electron chi connectivity index (χ2n) is 2.08. The number of hydrogen-bond acceptors (Lipinski definition) is 1. The summed E-state index contributed by atoms with van der Waals surface area (Å²) in [6, 6.07) is 8.36. The molecule has 0 heterocycles. The molecule has 0 amide bonds. The van der Waals surface area contributed by atoms with E-state index in [2.05, 4.69) is 38.1 Å². The van der Waals surface area contributed by atoms with E-state index in [1.807, 2.05) is 34.5 Å². The number of benzene rings is 1. The van der Waals surface area contributed by atoms with Crippen molar-refractivity contribution in [2.45, 2.75) is 41.5 Å². The van der Waals surface area contributed by atoms with E-state index in [-0.39, 0.29) is 0 Å². The third-order valence-electron chi connectivity index (χ3n) is 1.43. The Hall–Kier alpha value is -1.11. The van der Waals surface area contributed by atoms with Crippen molar-refractivity contribution in [3.05, 3.63) is 35.4 Å². The van der Waals surface area contributed by atoms with Gasteiger partial charge < -0.3 is 4.79 Å². The molecule has 82 valence electrons. The highest BCUT2D eigenvalue weighted by Gasteiger charge is 1.83. The Labute approximate surface area is 89.2 Å². The molecule has 0 saturated carbocycles. The summed E-state index contributed by atoms with van der Waals surface area (Å²) in [5.74, 6) is 0. The Morgan fingerprint density at radius 1 is 0.786 bits per heavy atom. The van der Waals surface area contributed by atoms with Gasteiger partial charge in [-0.15, -0.1) is 0 Å². The van der Waals surface area contributed by atoms with E-state index >= 15 is 0 Å². The zero-order valence-electron chi connectivity index (χ0n) is 10.4. The lowest BCUT2D eigenvalue weighted by molar-refractivity contribution is -0.0979. The zero-order valence-corrected chi connectivity index (χ0v) is 10.4. The van der Waals surface area contributed by atoms with Gasteiger partial charge in [0.05, 0.1) is 0 Å². The molecule has 0 aliphatic heterocycles. The maximum absolute atomic E-state index is 8.00. The SMILES string of the molecule is C=O.CC.CC.Cc1ccccc1C. The molecule has 0 N–H and O–H groups in total. The summed E-state index contributed by atoms with van der Waals surface area (Å²) in [5, 5.41) is 0. The van der Waals surface area contributed by atoms with Gasteiger partial charge in [-0.3, -0.25) is 0 Å². The van der Waals surface area contributed by atoms with Crippen LogP contribution in [0.1, 0.15) is 38.8 Å². The molecule has 1 nitrogen and oxygen atoms in total. The van der Waals surface area contributed by atoms with Crippen LogP contribution in [0.15, 0.2) is 24.3 Å². The molecule has 0 radical (unpaired) electrons. The summed E-state index contributed by atoms with van der Waals surface area (Å²) in [6.07, 6.45) is 0. The Kier molecular flexibility index (Phi) is 23.7. The Morgan fingerprint density at radius 2 is 1.00 bits per heavy atom. The molecule has 1 rings (SSSR count). The van der Waals surface area contributed by atoms with Crippen molar-refractivity contribution in [2.24, 2.45) is 0 Å². The lowest BCUT2D eigenvalue weighted by Crippen LogP contribution is -1.74. The van der Waals surface area contributed by atoms with Gasteiger partial charge >= 0.3 is 0 Å². The fourth-order valence-corrected chi connectivity index (χ4v) is 0.663. The van der Waals surface area contributed by atoms with E-state index in [1.54, 1.807) is 0 Å². The highest BCUT2D eigenvalue weighted by Crippen LogP contribution is 2.02. The molecule has 1 heteroatoms. The van der Waals surface area contributed by atoms with Crippen molar-refractivity contribution >= 4 is 6.79 Å². The quantitative estimate of drug-likeness (QED) is 0.608. The van der Waals surface area contributed by atoms with Crippen molar-refractivity contribution < 1.29 is 4.79 Å². The first-order chi connectivity index (χ1) is 6.80. The lowest BCUT2D eigenvalue weighted by Gasteiger charge is -1.93. The van der Waals surface area contributed by atoms with Crippen molar-refractivity contribution in [3.63, 3.8) is 0 Å². The molecule has 0 aliphatic carbocycles. The summed E-state index contributed by atoms with van der Waals surface area (Å²) < 4.78 is 0. The van der Waals surface area contributed by atoms with E-state index in [9.17, 15) is 0 Å². The lowest BCUT2D eigenvalue weighted by atomic mass is 10.1. The summed E-state index contributed by atoms with van der Waals surface area (Å²) in [6.45, 7) is 14.2. The zero-order chi connectivity index (χ0) is 12.0. The normalized spacial score (nSPS) is 6.43. The van der Waals surface area contributed by atoms with Crippen molar-refractivity contribution in [3.8, 4) is 0 Å². The fraction of sp³-hybridized carbons (Fsp3) is 0.462. The van der Waals surface area contributed by atoms with Crippen molar-refractivity contribution in [1.82, 2.24) is 0 Å². The maximum atomic E-state index is 8.00. The van der Waals surface area contributed by atoms with Crippen LogP contribution in [0.5, 0.6) is 0 Å². The third-order valence-corrected chi connectivity index (χ3v) is 1.43. The summed E-state index contributed by atoms with van der Waals surface area (Å²) >= 11 is 0. The fourth-order valence-electron chi connectivity index (χ4n) is 0.663. The molecule has 0 aliphatic rings. The Morgan fingerprint density at radius 3 is 1.14 bits per heavy atom. The summed E-state index contributed by atoms with van der Waals surface area (Å²) in [5.41, 5.74) is 2.74. The van der Waals surface area contributed by atoms with E-state index in [0.717, 1.165) is 0 Å². The van der Waals surface area contributed by atoms with Crippen LogP contribution in [0.2, 0.25) is 0 Å². The van der Waals surface area contributed by atoms with E-state index in [4.69, 9.17) is 4.79 Å². The van der Waals surface area contributed by atoms with Crippen LogP contribution < -0.4 is 0 Å². The Bertz CT molecular complexity index is 173. The van der Waals surface area contributed by atoms with Gasteiger partial charge in [-0.1, -0.05) is 52.0 Å². The molecule has 0 unspecified atom stereocenters. The van der Waals surface area contributed by atoms with Gasteiger partial charge in [-0.05, 0) is 25.0 Å². The van der Waals surface area contributed by atoms with E-state index in [1.165, 1.54) is 11.1 Å². The Balaban J connectivity index is -0.000000174. The van der Waals surface area contributed by atoms with Gasteiger partial charge in [0.1, 0.15) is 6.79 Å². The van der Waals surface area contributed by atoms with Gasteiger partial charge in [0.25, 0.3) is 0 Å². The van der Waals surface area contributed by atoms with Crippen LogP contribution >= 0.6 is 0 Å². The average Bonchev–Trinajstić information content (AvgIpc) is 2.31. The van der Waals surface area contributed by atoms with Gasteiger partial charge in [-0.2, -0.15) is 0 Å². The first kappa shape index (κ1) is 18.6. The van der Waals surface area contributed by atoms with Crippen LogP contribution in [0, 0.1) is 13.8 Å². The molecule has 14 heavy (non-hydrogen) atoms. The van der Waals surface area contributed by atoms with Crippen molar-refractivity contribution in [2.75, 3.05) is 0 Å². The second kappa shape index (κ2) is 17.8. The first-order valence-corrected chi connectivity index (χ1v) is 5.12. The predicted octanol–water partition coefficient (Wildman–Crippen LogP) is 4.17. The highest BCUT2D eigenvalue weighted by molar-refractivity contribution is 5.23. The number of carbonyl (C=O) groups is 1. The minimum absolute atomic E-state index is 1.37. The number of rotatable bonds is 0.